The minimum Gasteiger partial charge on any atom is -0.464 e. The van der Waals surface area contributed by atoms with Crippen LogP contribution in [0.1, 0.15) is 12.6 Å². The van der Waals surface area contributed by atoms with Crippen molar-refractivity contribution in [3.05, 3.63) is 30.2 Å². The van der Waals surface area contributed by atoms with E-state index in [2.05, 4.69) is 25.7 Å². The molecule has 25 heavy (non-hydrogen) atoms. The van der Waals surface area contributed by atoms with Crippen LogP contribution < -0.4 is 5.43 Å². The molecule has 3 rings (SSSR count). The molecule has 0 aromatic carbocycles. The van der Waals surface area contributed by atoms with Crippen molar-refractivity contribution in [2.45, 2.75) is 13.8 Å². The number of hydrogen-bond acceptors (Lipinski definition) is 8. The lowest BCUT2D eigenvalue weighted by Gasteiger charge is -2.04. The van der Waals surface area contributed by atoms with E-state index < -0.39 is 11.7 Å². The Kier molecular flexibility index (Phi) is 4.43. The number of carbonyl (C=O) groups is 1. The molecule has 0 saturated carbocycles. The zero-order valence-electron chi connectivity index (χ0n) is 13.5. The van der Waals surface area contributed by atoms with Gasteiger partial charge in [0.05, 0.1) is 18.3 Å². The molecule has 9 heteroatoms. The summed E-state index contributed by atoms with van der Waals surface area (Å²) in [6, 6.07) is 7.13. The summed E-state index contributed by atoms with van der Waals surface area (Å²) >= 11 is 0. The van der Waals surface area contributed by atoms with Crippen LogP contribution in [0.5, 0.6) is 0 Å². The van der Waals surface area contributed by atoms with Crippen LogP contribution in [0, 0.1) is 18.3 Å². The van der Waals surface area contributed by atoms with Crippen molar-refractivity contribution < 1.29 is 13.9 Å². The van der Waals surface area contributed by atoms with Gasteiger partial charge in [-0.25, -0.2) is 9.78 Å². The number of nitrogens with one attached hydrogen (secondary N) is 2. The second kappa shape index (κ2) is 6.84. The molecule has 9 nitrogen and oxygen atoms in total. The van der Waals surface area contributed by atoms with E-state index in [1.165, 1.54) is 0 Å². The van der Waals surface area contributed by atoms with Crippen molar-refractivity contribution in [1.82, 2.24) is 15.2 Å². The summed E-state index contributed by atoms with van der Waals surface area (Å²) in [5.74, 6) is 0.210. The molecule has 2 N–H and O–H groups in total. The Morgan fingerprint density at radius 1 is 1.56 bits per heavy atom. The molecule has 0 aliphatic carbocycles. The van der Waals surface area contributed by atoms with E-state index in [0.29, 0.717) is 22.6 Å². The third-order valence-corrected chi connectivity index (χ3v) is 3.29. The van der Waals surface area contributed by atoms with Gasteiger partial charge in [0.1, 0.15) is 11.8 Å². The van der Waals surface area contributed by atoms with Crippen molar-refractivity contribution in [2.75, 3.05) is 12.0 Å². The fourth-order valence-electron chi connectivity index (χ4n) is 2.28. The van der Waals surface area contributed by atoms with Crippen LogP contribution in [0.2, 0.25) is 0 Å². The molecule has 0 amide bonds. The predicted octanol–water partition coefficient (Wildman–Crippen LogP) is 2.38. The highest BCUT2D eigenvalue weighted by molar-refractivity contribution is 6.43. The number of fused-ring (bicyclic) bond motifs is 1. The molecule has 0 spiro atoms. The Bertz CT molecular complexity index is 981. The Labute approximate surface area is 142 Å². The number of ether oxygens (including phenoxy) is 1. The van der Waals surface area contributed by atoms with Crippen molar-refractivity contribution >= 4 is 28.5 Å². The fraction of sp³-hybridized carbons (Fsp3) is 0.188. The maximum Gasteiger partial charge on any atom is 0.369 e. The lowest BCUT2D eigenvalue weighted by atomic mass is 10.1. The summed E-state index contributed by atoms with van der Waals surface area (Å²) in [5.41, 5.74) is 4.23. The number of nitriles is 1. The molecule has 0 aliphatic heterocycles. The second-order valence-corrected chi connectivity index (χ2v) is 4.99. The van der Waals surface area contributed by atoms with E-state index >= 15 is 0 Å². The SMILES string of the molecule is CCOC(=O)/C(C#N)=N/Nc1[nH]nc2nc(C)cc(-c3ccco3)c12. The third-order valence-electron chi connectivity index (χ3n) is 3.29. The van der Waals surface area contributed by atoms with E-state index in [1.807, 2.05) is 19.1 Å². The minimum atomic E-state index is -0.804. The van der Waals surface area contributed by atoms with Crippen LogP contribution >= 0.6 is 0 Å². The number of hydrazone groups is 1. The molecule has 126 valence electrons. The number of aromatic nitrogens is 3. The number of aromatic amines is 1. The fourth-order valence-corrected chi connectivity index (χ4v) is 2.28. The highest BCUT2D eigenvalue weighted by Crippen LogP contribution is 2.32. The molecule has 0 saturated heterocycles. The van der Waals surface area contributed by atoms with Gasteiger partial charge in [-0.2, -0.15) is 15.5 Å². The van der Waals surface area contributed by atoms with Crippen LogP contribution in [-0.4, -0.2) is 33.5 Å². The molecule has 0 radical (unpaired) electrons. The van der Waals surface area contributed by atoms with Crippen LogP contribution in [0.25, 0.3) is 22.4 Å². The molecular weight excluding hydrogens is 324 g/mol. The number of hydrogen-bond donors (Lipinski definition) is 2. The summed E-state index contributed by atoms with van der Waals surface area (Å²) < 4.78 is 10.2. The van der Waals surface area contributed by atoms with E-state index in [1.54, 1.807) is 25.3 Å². The van der Waals surface area contributed by atoms with Crippen molar-refractivity contribution in [3.63, 3.8) is 0 Å². The zero-order valence-corrected chi connectivity index (χ0v) is 13.5. The highest BCUT2D eigenvalue weighted by atomic mass is 16.5. The molecule has 3 aromatic rings. The van der Waals surface area contributed by atoms with Gasteiger partial charge in [-0.05, 0) is 32.0 Å². The van der Waals surface area contributed by atoms with Crippen molar-refractivity contribution in [1.29, 1.82) is 5.26 Å². The standard InChI is InChI=1S/C16H14N6O3/c1-3-24-16(23)11(8-17)19-21-15-13-10(12-5-4-6-25-12)7-9(2)18-14(13)20-22-15/h4-7H,3H2,1-2H3,(H2,18,20,21,22)/b19-11+. The first kappa shape index (κ1) is 16.2. The van der Waals surface area contributed by atoms with Crippen molar-refractivity contribution in [2.24, 2.45) is 5.10 Å². The zero-order chi connectivity index (χ0) is 17.8. The Hall–Kier alpha value is -3.67. The number of aryl methyl sites for hydroxylation is 1. The number of carbonyl (C=O) groups excluding carboxylic acids is 1. The number of H-pyrrole nitrogens is 1. The molecular formula is C16H14N6O3. The number of anilines is 1. The summed E-state index contributed by atoms with van der Waals surface area (Å²) in [6.45, 7) is 3.64. The first-order chi connectivity index (χ1) is 12.1. The number of rotatable bonds is 5. The van der Waals surface area contributed by atoms with Gasteiger partial charge in [0.15, 0.2) is 11.5 Å². The van der Waals surface area contributed by atoms with Gasteiger partial charge in [-0.15, -0.1) is 0 Å². The van der Waals surface area contributed by atoms with Gasteiger partial charge >= 0.3 is 5.97 Å². The summed E-state index contributed by atoms with van der Waals surface area (Å²) in [4.78, 5) is 16.0. The number of pyridine rings is 1. The molecule has 0 atom stereocenters. The Morgan fingerprint density at radius 3 is 3.08 bits per heavy atom. The second-order valence-electron chi connectivity index (χ2n) is 4.99. The first-order valence-corrected chi connectivity index (χ1v) is 7.44. The Balaban J connectivity index is 2.04. The largest absolute Gasteiger partial charge is 0.464 e. The van der Waals surface area contributed by atoms with E-state index in [9.17, 15) is 4.79 Å². The van der Waals surface area contributed by atoms with Gasteiger partial charge < -0.3 is 9.15 Å². The number of furan rings is 1. The van der Waals surface area contributed by atoms with Gasteiger partial charge in [0.2, 0.25) is 5.71 Å². The maximum absolute atomic E-state index is 11.6. The van der Waals surface area contributed by atoms with Crippen LogP contribution in [0.4, 0.5) is 5.82 Å². The van der Waals surface area contributed by atoms with E-state index in [-0.39, 0.29) is 6.61 Å². The summed E-state index contributed by atoms with van der Waals surface area (Å²) in [5, 5.41) is 20.3. The van der Waals surface area contributed by atoms with E-state index in [0.717, 1.165) is 11.3 Å². The molecule has 0 aliphatic rings. The van der Waals surface area contributed by atoms with E-state index in [4.69, 9.17) is 14.4 Å². The van der Waals surface area contributed by atoms with Gasteiger partial charge in [0, 0.05) is 11.3 Å². The number of nitrogens with zero attached hydrogens (tertiary/aromatic N) is 4. The topological polar surface area (TPSA) is 129 Å². The van der Waals surface area contributed by atoms with Crippen molar-refractivity contribution in [3.8, 4) is 17.4 Å². The molecule has 0 bridgehead atoms. The molecule has 0 unspecified atom stereocenters. The third kappa shape index (κ3) is 3.18. The van der Waals surface area contributed by atoms with Gasteiger partial charge in [0.25, 0.3) is 0 Å². The monoisotopic (exact) mass is 338 g/mol. The normalized spacial score (nSPS) is 11.3. The lowest BCUT2D eigenvalue weighted by Crippen LogP contribution is -2.17. The minimum absolute atomic E-state index is 0.151. The number of esters is 1. The smallest absolute Gasteiger partial charge is 0.369 e. The van der Waals surface area contributed by atoms with Gasteiger partial charge in [-0.3, -0.25) is 10.5 Å². The predicted molar refractivity (Wildman–Crippen MR) is 89.6 cm³/mol. The average Bonchev–Trinajstić information content (AvgIpc) is 3.25. The summed E-state index contributed by atoms with van der Waals surface area (Å²) in [6.07, 6.45) is 1.57. The highest BCUT2D eigenvalue weighted by Gasteiger charge is 2.17. The summed E-state index contributed by atoms with van der Waals surface area (Å²) in [7, 11) is 0. The lowest BCUT2D eigenvalue weighted by molar-refractivity contribution is -0.134. The Morgan fingerprint density at radius 2 is 2.40 bits per heavy atom. The maximum atomic E-state index is 11.6. The van der Waals surface area contributed by atoms with Crippen LogP contribution in [0.15, 0.2) is 34.0 Å². The first-order valence-electron chi connectivity index (χ1n) is 7.44. The van der Waals surface area contributed by atoms with Crippen LogP contribution in [-0.2, 0) is 9.53 Å². The quantitative estimate of drug-likeness (QED) is 0.415. The molecule has 3 aromatic heterocycles. The van der Waals surface area contributed by atoms with Gasteiger partial charge in [-0.1, -0.05) is 0 Å². The molecule has 0 fully saturated rings. The molecule has 3 heterocycles. The van der Waals surface area contributed by atoms with Crippen LogP contribution in [0.3, 0.4) is 0 Å². The average molecular weight is 338 g/mol.